The topological polar surface area (TPSA) is 57.6 Å². The number of aliphatic carboxylic acids is 1. The van der Waals surface area contributed by atoms with Gasteiger partial charge in [0.2, 0.25) is 0 Å². The molecule has 1 atom stereocenters. The molecular formula is C14H19NO3S. The molecule has 0 unspecified atom stereocenters. The number of thiophene rings is 1. The summed E-state index contributed by atoms with van der Waals surface area (Å²) >= 11 is 1.50. The fourth-order valence-corrected chi connectivity index (χ4v) is 3.52. The van der Waals surface area contributed by atoms with Crippen LogP contribution in [0.5, 0.6) is 0 Å². The molecule has 1 saturated heterocycles. The predicted molar refractivity (Wildman–Crippen MR) is 74.7 cm³/mol. The number of rotatable bonds is 3. The zero-order valence-electron chi connectivity index (χ0n) is 11.5. The van der Waals surface area contributed by atoms with E-state index in [1.165, 1.54) is 21.8 Å². The van der Waals surface area contributed by atoms with Crippen LogP contribution >= 0.6 is 11.3 Å². The molecule has 1 amide bonds. The van der Waals surface area contributed by atoms with E-state index in [1.807, 2.05) is 13.0 Å². The van der Waals surface area contributed by atoms with Crippen molar-refractivity contribution in [3.8, 4) is 0 Å². The summed E-state index contributed by atoms with van der Waals surface area (Å²) in [6, 6.07) is 1.94. The molecule has 19 heavy (non-hydrogen) atoms. The molecule has 1 aliphatic heterocycles. The van der Waals surface area contributed by atoms with Gasteiger partial charge in [-0.2, -0.15) is 0 Å². The molecule has 0 bridgehead atoms. The van der Waals surface area contributed by atoms with E-state index in [1.54, 1.807) is 11.8 Å². The van der Waals surface area contributed by atoms with E-state index in [4.69, 9.17) is 0 Å². The van der Waals surface area contributed by atoms with Crippen molar-refractivity contribution in [3.05, 3.63) is 21.4 Å². The Labute approximate surface area is 117 Å². The summed E-state index contributed by atoms with van der Waals surface area (Å²) < 4.78 is 0. The normalized spacial score (nSPS) is 22.8. The maximum atomic E-state index is 12.4. The van der Waals surface area contributed by atoms with Crippen LogP contribution < -0.4 is 0 Å². The fourth-order valence-electron chi connectivity index (χ4n) is 2.44. The predicted octanol–water partition coefficient (Wildman–Crippen LogP) is 2.56. The number of likely N-dealkylation sites (tertiary alicyclic amines) is 1. The van der Waals surface area contributed by atoms with Gasteiger partial charge in [-0.25, -0.2) is 0 Å². The highest BCUT2D eigenvalue weighted by molar-refractivity contribution is 7.14. The fraction of sp³-hybridized carbons (Fsp3) is 0.571. The summed E-state index contributed by atoms with van der Waals surface area (Å²) in [5.74, 6) is -0.850. The minimum atomic E-state index is -0.820. The van der Waals surface area contributed by atoms with E-state index in [-0.39, 0.29) is 5.91 Å². The molecule has 4 nitrogen and oxygen atoms in total. The molecule has 0 spiro atoms. The molecule has 0 radical (unpaired) electrons. The van der Waals surface area contributed by atoms with Crippen LogP contribution in [-0.4, -0.2) is 35.0 Å². The summed E-state index contributed by atoms with van der Waals surface area (Å²) in [7, 11) is 0. The lowest BCUT2D eigenvalue weighted by molar-refractivity contribution is -0.147. The quantitative estimate of drug-likeness (QED) is 0.926. The summed E-state index contributed by atoms with van der Waals surface area (Å²) in [5, 5.41) is 9.19. The molecule has 2 heterocycles. The number of carboxylic acid groups (broad SMARTS) is 1. The van der Waals surface area contributed by atoms with E-state index >= 15 is 0 Å². The van der Waals surface area contributed by atoms with Crippen LogP contribution in [-0.2, 0) is 11.2 Å². The summed E-state index contributed by atoms with van der Waals surface area (Å²) in [6.45, 7) is 6.63. The van der Waals surface area contributed by atoms with Gasteiger partial charge in [-0.05, 0) is 38.3 Å². The molecule has 0 saturated carbocycles. The van der Waals surface area contributed by atoms with Gasteiger partial charge in [-0.15, -0.1) is 11.3 Å². The average Bonchev–Trinajstić information content (AvgIpc) is 2.93. The molecule has 104 valence electrons. The monoisotopic (exact) mass is 281 g/mol. The number of hydrogen-bond acceptors (Lipinski definition) is 3. The summed E-state index contributed by atoms with van der Waals surface area (Å²) in [4.78, 5) is 27.1. The molecule has 1 aliphatic rings. The molecule has 1 N–H and O–H groups in total. The minimum Gasteiger partial charge on any atom is -0.481 e. The van der Waals surface area contributed by atoms with Crippen LogP contribution in [0.15, 0.2) is 6.07 Å². The first-order valence-electron chi connectivity index (χ1n) is 6.49. The number of carbonyl (C=O) groups is 2. The van der Waals surface area contributed by atoms with Crippen LogP contribution in [0.1, 0.15) is 40.4 Å². The summed E-state index contributed by atoms with van der Waals surface area (Å²) in [5.41, 5.74) is 0.406. The SMILES string of the molecule is CCc1cc(C(=O)N2CC[C@@](C)(C(=O)O)C2)sc1C. The van der Waals surface area contributed by atoms with Crippen molar-refractivity contribution >= 4 is 23.2 Å². The zero-order valence-corrected chi connectivity index (χ0v) is 12.3. The van der Waals surface area contributed by atoms with E-state index in [9.17, 15) is 14.7 Å². The number of amides is 1. The summed E-state index contributed by atoms with van der Waals surface area (Å²) in [6.07, 6.45) is 1.45. The van der Waals surface area contributed by atoms with Crippen LogP contribution in [0, 0.1) is 12.3 Å². The van der Waals surface area contributed by atoms with Crippen LogP contribution in [0.2, 0.25) is 0 Å². The molecule has 1 fully saturated rings. The number of aryl methyl sites for hydroxylation is 2. The van der Waals surface area contributed by atoms with Gasteiger partial charge in [0, 0.05) is 18.0 Å². The van der Waals surface area contributed by atoms with E-state index < -0.39 is 11.4 Å². The Morgan fingerprint density at radius 1 is 1.53 bits per heavy atom. The second-order valence-electron chi connectivity index (χ2n) is 5.39. The third-order valence-electron chi connectivity index (χ3n) is 3.89. The Balaban J connectivity index is 2.15. The molecule has 0 aromatic carbocycles. The number of carboxylic acids is 1. The number of hydrogen-bond donors (Lipinski definition) is 1. The Hall–Kier alpha value is -1.36. The largest absolute Gasteiger partial charge is 0.481 e. The van der Waals surface area contributed by atoms with Crippen molar-refractivity contribution in [3.63, 3.8) is 0 Å². The van der Waals surface area contributed by atoms with Crippen molar-refractivity contribution < 1.29 is 14.7 Å². The Morgan fingerprint density at radius 3 is 2.68 bits per heavy atom. The molecule has 1 aromatic heterocycles. The first-order valence-corrected chi connectivity index (χ1v) is 7.31. The first-order chi connectivity index (χ1) is 8.87. The van der Waals surface area contributed by atoms with Crippen LogP contribution in [0.4, 0.5) is 0 Å². The highest BCUT2D eigenvalue weighted by Crippen LogP contribution is 2.32. The third kappa shape index (κ3) is 2.52. The van der Waals surface area contributed by atoms with Gasteiger partial charge in [0.05, 0.1) is 10.3 Å². The van der Waals surface area contributed by atoms with Gasteiger partial charge >= 0.3 is 5.97 Å². The second kappa shape index (κ2) is 4.96. The Kier molecular flexibility index (Phi) is 3.67. The van der Waals surface area contributed by atoms with Crippen LogP contribution in [0.25, 0.3) is 0 Å². The molecule has 2 rings (SSSR count). The lowest BCUT2D eigenvalue weighted by atomic mass is 9.90. The maximum absolute atomic E-state index is 12.4. The van der Waals surface area contributed by atoms with Crippen molar-refractivity contribution in [2.24, 2.45) is 5.41 Å². The molecular weight excluding hydrogens is 262 g/mol. The maximum Gasteiger partial charge on any atom is 0.311 e. The second-order valence-corrected chi connectivity index (χ2v) is 6.64. The molecule has 1 aromatic rings. The minimum absolute atomic E-state index is 0.0298. The standard InChI is InChI=1S/C14H19NO3S/c1-4-10-7-11(19-9(10)2)12(16)15-6-5-14(3,8-15)13(17)18/h7H,4-6,8H2,1-3H3,(H,17,18)/t14-/m1/s1. The Morgan fingerprint density at radius 2 is 2.21 bits per heavy atom. The average molecular weight is 281 g/mol. The lowest BCUT2D eigenvalue weighted by Gasteiger charge is -2.19. The van der Waals surface area contributed by atoms with Gasteiger partial charge < -0.3 is 10.0 Å². The highest BCUT2D eigenvalue weighted by atomic mass is 32.1. The number of carbonyl (C=O) groups excluding carboxylic acids is 1. The van der Waals surface area contributed by atoms with Crippen molar-refractivity contribution in [2.45, 2.75) is 33.6 Å². The van der Waals surface area contributed by atoms with Gasteiger partial charge in [0.25, 0.3) is 5.91 Å². The van der Waals surface area contributed by atoms with Crippen molar-refractivity contribution in [2.75, 3.05) is 13.1 Å². The van der Waals surface area contributed by atoms with E-state index in [2.05, 4.69) is 6.92 Å². The zero-order chi connectivity index (χ0) is 14.2. The van der Waals surface area contributed by atoms with Crippen molar-refractivity contribution in [1.82, 2.24) is 4.90 Å². The Bertz CT molecular complexity index is 523. The van der Waals surface area contributed by atoms with Gasteiger partial charge in [0.1, 0.15) is 0 Å². The lowest BCUT2D eigenvalue weighted by Crippen LogP contribution is -2.34. The van der Waals surface area contributed by atoms with Gasteiger partial charge in [-0.3, -0.25) is 9.59 Å². The smallest absolute Gasteiger partial charge is 0.311 e. The third-order valence-corrected chi connectivity index (χ3v) is 4.97. The van der Waals surface area contributed by atoms with Crippen LogP contribution in [0.3, 0.4) is 0 Å². The molecule has 0 aliphatic carbocycles. The first kappa shape index (κ1) is 14.1. The van der Waals surface area contributed by atoms with E-state index in [0.29, 0.717) is 19.5 Å². The molecule has 5 heteroatoms. The number of nitrogens with zero attached hydrogens (tertiary/aromatic N) is 1. The highest BCUT2D eigenvalue weighted by Gasteiger charge is 2.42. The van der Waals surface area contributed by atoms with Crippen molar-refractivity contribution in [1.29, 1.82) is 0 Å². The van der Waals surface area contributed by atoms with Gasteiger partial charge in [-0.1, -0.05) is 6.92 Å². The van der Waals surface area contributed by atoms with Gasteiger partial charge in [0.15, 0.2) is 0 Å². The van der Waals surface area contributed by atoms with E-state index in [0.717, 1.165) is 11.3 Å².